The summed E-state index contributed by atoms with van der Waals surface area (Å²) in [6.45, 7) is 16.3. The molecule has 1 unspecified atom stereocenters. The molecule has 130 valence electrons. The molecule has 0 aromatic carbocycles. The summed E-state index contributed by atoms with van der Waals surface area (Å²) in [5, 5.41) is 0. The van der Waals surface area contributed by atoms with Crippen molar-refractivity contribution in [3.8, 4) is 0 Å². The highest BCUT2D eigenvalue weighted by Gasteiger charge is 2.05. The normalized spacial score (nSPS) is 9.82. The average molecular weight is 310 g/mol. The van der Waals surface area contributed by atoms with Gasteiger partial charge in [-0.05, 0) is 25.5 Å². The van der Waals surface area contributed by atoms with Gasteiger partial charge in [-0.2, -0.15) is 0 Å². The van der Waals surface area contributed by atoms with Crippen LogP contribution in [0, 0.1) is 12.8 Å². The number of hydrogen-bond acceptors (Lipinski definition) is 2. The second-order valence-electron chi connectivity index (χ2n) is 4.95. The van der Waals surface area contributed by atoms with Crippen molar-refractivity contribution in [1.29, 1.82) is 0 Å². The van der Waals surface area contributed by atoms with E-state index in [2.05, 4.69) is 18.8 Å². The Morgan fingerprint density at radius 1 is 1.09 bits per heavy atom. The Morgan fingerprint density at radius 3 is 1.77 bits per heavy atom. The van der Waals surface area contributed by atoms with Crippen LogP contribution in [-0.2, 0) is 4.79 Å². The lowest BCUT2D eigenvalue weighted by atomic mass is 10.0. The maximum Gasteiger partial charge on any atom is 0.135 e. The molecule has 0 saturated carbocycles. The van der Waals surface area contributed by atoms with E-state index in [-0.39, 0.29) is 5.92 Å². The Hall–Kier alpha value is -1.18. The van der Waals surface area contributed by atoms with E-state index >= 15 is 0 Å². The molecule has 0 bridgehead atoms. The van der Waals surface area contributed by atoms with Crippen LogP contribution in [-0.4, -0.2) is 10.8 Å². The molecule has 22 heavy (non-hydrogen) atoms. The van der Waals surface area contributed by atoms with Gasteiger partial charge < -0.3 is 0 Å². The Bertz CT molecular complexity index is 307. The molecule has 1 aromatic rings. The van der Waals surface area contributed by atoms with Crippen molar-refractivity contribution < 1.29 is 4.79 Å². The number of nitrogens with zero attached hydrogens (tertiary/aromatic N) is 1. The van der Waals surface area contributed by atoms with Crippen molar-refractivity contribution in [3.63, 3.8) is 0 Å². The summed E-state index contributed by atoms with van der Waals surface area (Å²) in [6, 6.07) is 5.86. The van der Waals surface area contributed by atoms with Gasteiger partial charge in [-0.15, -0.1) is 0 Å². The van der Waals surface area contributed by atoms with Crippen molar-refractivity contribution in [1.82, 2.24) is 4.98 Å². The van der Waals surface area contributed by atoms with Gasteiger partial charge in [0, 0.05) is 24.2 Å². The summed E-state index contributed by atoms with van der Waals surface area (Å²) in [5.74, 6) is 0.660. The van der Waals surface area contributed by atoms with Crippen LogP contribution in [0.1, 0.15) is 86.3 Å². The number of aryl methyl sites for hydroxylation is 1. The predicted molar refractivity (Wildman–Crippen MR) is 100 cm³/mol. The quantitative estimate of drug-likeness (QED) is 0.611. The maximum atomic E-state index is 10.7. The van der Waals surface area contributed by atoms with Gasteiger partial charge in [-0.3, -0.25) is 9.78 Å². The Labute approximate surface area is 139 Å². The van der Waals surface area contributed by atoms with Crippen molar-refractivity contribution in [2.45, 2.75) is 87.5 Å². The SMILES string of the molecule is CC.CCC(=O)C(C)CC.CCCCC.Cc1ccccn1. The number of rotatable bonds is 5. The van der Waals surface area contributed by atoms with Gasteiger partial charge in [0.15, 0.2) is 0 Å². The van der Waals surface area contributed by atoms with Crippen LogP contribution < -0.4 is 0 Å². The van der Waals surface area contributed by atoms with Gasteiger partial charge in [-0.25, -0.2) is 0 Å². The minimum absolute atomic E-state index is 0.278. The number of ketones is 1. The Balaban J connectivity index is -0.000000238. The number of carbonyl (C=O) groups is 1. The molecule has 0 aliphatic rings. The third-order valence-corrected chi connectivity index (χ3v) is 3.03. The lowest BCUT2D eigenvalue weighted by molar-refractivity contribution is -0.122. The van der Waals surface area contributed by atoms with E-state index in [1.165, 1.54) is 19.3 Å². The summed E-state index contributed by atoms with van der Waals surface area (Å²) in [6.07, 6.45) is 7.53. The number of aromatic nitrogens is 1. The van der Waals surface area contributed by atoms with Gasteiger partial charge in [0.1, 0.15) is 5.78 Å². The molecule has 1 heterocycles. The molecular formula is C20H39NO. The fraction of sp³-hybridized carbons (Fsp3) is 0.700. The summed E-state index contributed by atoms with van der Waals surface area (Å²) < 4.78 is 0. The molecule has 0 radical (unpaired) electrons. The Kier molecular flexibility index (Phi) is 25.9. The van der Waals surface area contributed by atoms with Crippen LogP contribution in [0.15, 0.2) is 24.4 Å². The lowest BCUT2D eigenvalue weighted by Crippen LogP contribution is -2.06. The topological polar surface area (TPSA) is 30.0 Å². The number of unbranched alkanes of at least 4 members (excludes halogenated alkanes) is 2. The van der Waals surface area contributed by atoms with E-state index in [1.54, 1.807) is 6.20 Å². The molecule has 0 N–H and O–H groups in total. The molecule has 0 amide bonds. The molecule has 0 aliphatic heterocycles. The summed E-state index contributed by atoms with van der Waals surface area (Å²) >= 11 is 0. The number of hydrogen-bond donors (Lipinski definition) is 0. The first-order valence-electron chi connectivity index (χ1n) is 8.93. The second kappa shape index (κ2) is 22.1. The zero-order valence-corrected chi connectivity index (χ0v) is 16.3. The maximum absolute atomic E-state index is 10.7. The van der Waals surface area contributed by atoms with Crippen LogP contribution in [0.5, 0.6) is 0 Å². The van der Waals surface area contributed by atoms with Crippen LogP contribution >= 0.6 is 0 Å². The fourth-order valence-electron chi connectivity index (χ4n) is 1.38. The molecular weight excluding hydrogens is 270 g/mol. The van der Waals surface area contributed by atoms with Crippen LogP contribution in [0.4, 0.5) is 0 Å². The standard InChI is InChI=1S/C7H14O.C6H7N.C5H12.C2H6/c1-4-6(3)7(8)5-2;1-6-4-2-3-5-7-6;1-3-5-4-2;1-2/h6H,4-5H2,1-3H3;2-5H,1H3;3-5H2,1-2H3;1-2H3. The number of pyridine rings is 1. The van der Waals surface area contributed by atoms with Gasteiger partial charge in [0.2, 0.25) is 0 Å². The first kappa shape index (κ1) is 25.8. The first-order chi connectivity index (χ1) is 10.5. The number of carbonyl (C=O) groups excluding carboxylic acids is 1. The smallest absolute Gasteiger partial charge is 0.135 e. The molecule has 0 saturated heterocycles. The Morgan fingerprint density at radius 2 is 1.64 bits per heavy atom. The van der Waals surface area contributed by atoms with Crippen molar-refractivity contribution in [3.05, 3.63) is 30.1 Å². The molecule has 2 nitrogen and oxygen atoms in total. The minimum Gasteiger partial charge on any atom is -0.299 e. The molecule has 2 heteroatoms. The summed E-state index contributed by atoms with van der Waals surface area (Å²) in [7, 11) is 0. The molecule has 1 aromatic heterocycles. The minimum atomic E-state index is 0.278. The predicted octanol–water partition coefficient (Wildman–Crippen LogP) is 6.62. The van der Waals surface area contributed by atoms with Gasteiger partial charge >= 0.3 is 0 Å². The molecule has 0 fully saturated rings. The third-order valence-electron chi connectivity index (χ3n) is 3.03. The summed E-state index contributed by atoms with van der Waals surface area (Å²) in [4.78, 5) is 14.7. The zero-order chi connectivity index (χ0) is 17.8. The van der Waals surface area contributed by atoms with E-state index in [0.29, 0.717) is 12.2 Å². The summed E-state index contributed by atoms with van der Waals surface area (Å²) in [5.41, 5.74) is 1.07. The average Bonchev–Trinajstić information content (AvgIpc) is 2.57. The number of Topliss-reactive ketones (excluding diaryl/α,β-unsaturated/α-hetero) is 1. The monoisotopic (exact) mass is 309 g/mol. The zero-order valence-electron chi connectivity index (χ0n) is 16.3. The molecule has 1 atom stereocenters. The lowest BCUT2D eigenvalue weighted by Gasteiger charge is -2.02. The van der Waals surface area contributed by atoms with Crippen LogP contribution in [0.3, 0.4) is 0 Å². The fourth-order valence-corrected chi connectivity index (χ4v) is 1.38. The highest BCUT2D eigenvalue weighted by atomic mass is 16.1. The highest BCUT2D eigenvalue weighted by Crippen LogP contribution is 2.03. The van der Waals surface area contributed by atoms with Crippen molar-refractivity contribution in [2.75, 3.05) is 0 Å². The van der Waals surface area contributed by atoms with Crippen molar-refractivity contribution in [2.24, 2.45) is 5.92 Å². The van der Waals surface area contributed by atoms with E-state index < -0.39 is 0 Å². The third kappa shape index (κ3) is 21.1. The first-order valence-corrected chi connectivity index (χ1v) is 8.93. The van der Waals surface area contributed by atoms with Gasteiger partial charge in [-0.1, -0.05) is 73.8 Å². The second-order valence-corrected chi connectivity index (χ2v) is 4.95. The molecule has 0 aliphatic carbocycles. The van der Waals surface area contributed by atoms with E-state index in [9.17, 15) is 4.79 Å². The van der Waals surface area contributed by atoms with E-state index in [4.69, 9.17) is 0 Å². The van der Waals surface area contributed by atoms with Crippen LogP contribution in [0.2, 0.25) is 0 Å². The highest BCUT2D eigenvalue weighted by molar-refractivity contribution is 5.80. The van der Waals surface area contributed by atoms with Crippen molar-refractivity contribution >= 4 is 5.78 Å². The van der Waals surface area contributed by atoms with E-state index in [0.717, 1.165) is 12.1 Å². The largest absolute Gasteiger partial charge is 0.299 e. The van der Waals surface area contributed by atoms with Gasteiger partial charge in [0.25, 0.3) is 0 Å². The molecule has 0 spiro atoms. The van der Waals surface area contributed by atoms with Gasteiger partial charge in [0.05, 0.1) is 0 Å². The van der Waals surface area contributed by atoms with Crippen LogP contribution in [0.25, 0.3) is 0 Å². The molecule has 1 rings (SSSR count). The van der Waals surface area contributed by atoms with E-state index in [1.807, 2.05) is 59.7 Å².